The predicted octanol–water partition coefficient (Wildman–Crippen LogP) is 3.06. The maximum absolute atomic E-state index is 11.6. The van der Waals surface area contributed by atoms with Crippen molar-refractivity contribution >= 4 is 23.5 Å². The van der Waals surface area contributed by atoms with Crippen LogP contribution in [0.15, 0.2) is 17.1 Å². The molecule has 29 heavy (non-hydrogen) atoms. The Labute approximate surface area is 178 Å². The lowest BCUT2D eigenvalue weighted by Gasteiger charge is -2.34. The van der Waals surface area contributed by atoms with Gasteiger partial charge in [0.1, 0.15) is 0 Å². The number of nitrogens with one attached hydrogen (secondary N) is 2. The number of benzene rings is 1. The van der Waals surface area contributed by atoms with Crippen LogP contribution in [-0.4, -0.2) is 57.2 Å². The molecule has 8 heteroatoms. The zero-order valence-corrected chi connectivity index (χ0v) is 18.6. The molecule has 1 amide bonds. The van der Waals surface area contributed by atoms with Gasteiger partial charge in [-0.3, -0.25) is 4.79 Å². The number of rotatable bonds is 8. The number of aliphatic imine (C=N–C) groups is 1. The van der Waals surface area contributed by atoms with E-state index < -0.39 is 0 Å². The summed E-state index contributed by atoms with van der Waals surface area (Å²) in [6.07, 6.45) is 2.57. The molecule has 1 aliphatic rings. The Hall–Kier alpha value is -2.15. The quantitative estimate of drug-likeness (QED) is 0.495. The van der Waals surface area contributed by atoms with Crippen LogP contribution in [0.25, 0.3) is 0 Å². The number of guanidine groups is 1. The van der Waals surface area contributed by atoms with Gasteiger partial charge < -0.3 is 25.0 Å². The molecule has 162 valence electrons. The second kappa shape index (κ2) is 11.8. The maximum atomic E-state index is 11.6. The zero-order chi connectivity index (χ0) is 21.2. The third-order valence-corrected chi connectivity index (χ3v) is 5.27. The molecule has 1 saturated heterocycles. The minimum absolute atomic E-state index is 0.116. The fourth-order valence-corrected chi connectivity index (χ4v) is 3.74. The number of carbonyl (C=O) groups is 1. The van der Waals surface area contributed by atoms with Gasteiger partial charge in [-0.2, -0.15) is 0 Å². The Morgan fingerprint density at radius 2 is 2.03 bits per heavy atom. The molecule has 1 heterocycles. The molecule has 0 atom stereocenters. The topological polar surface area (TPSA) is 75.2 Å². The highest BCUT2D eigenvalue weighted by atomic mass is 35.5. The molecule has 2 N–H and O–H groups in total. The molecule has 0 saturated carbocycles. The lowest BCUT2D eigenvalue weighted by Crippen LogP contribution is -2.46. The Kier molecular flexibility index (Phi) is 9.38. The van der Waals surface area contributed by atoms with E-state index in [0.717, 1.165) is 44.0 Å². The van der Waals surface area contributed by atoms with E-state index in [1.165, 1.54) is 0 Å². The van der Waals surface area contributed by atoms with Gasteiger partial charge in [-0.15, -0.1) is 0 Å². The molecule has 0 aliphatic carbocycles. The molecule has 2 rings (SSSR count). The van der Waals surface area contributed by atoms with Crippen LogP contribution in [0.4, 0.5) is 0 Å². The highest BCUT2D eigenvalue weighted by Gasteiger charge is 2.23. The number of methoxy groups -OCH3 is 1. The van der Waals surface area contributed by atoms with Gasteiger partial charge in [-0.25, -0.2) is 4.99 Å². The summed E-state index contributed by atoms with van der Waals surface area (Å²) in [6, 6.07) is 3.79. The van der Waals surface area contributed by atoms with Crippen LogP contribution < -0.4 is 20.1 Å². The van der Waals surface area contributed by atoms with E-state index in [1.807, 2.05) is 19.1 Å². The summed E-state index contributed by atoms with van der Waals surface area (Å²) in [5.41, 5.74) is 0.959. The van der Waals surface area contributed by atoms with Crippen molar-refractivity contribution in [3.8, 4) is 11.5 Å². The number of carbonyl (C=O) groups excluding carboxylic acids is 1. The van der Waals surface area contributed by atoms with Crippen molar-refractivity contribution in [1.29, 1.82) is 0 Å². The van der Waals surface area contributed by atoms with Crippen LogP contribution in [0, 0.1) is 5.92 Å². The summed E-state index contributed by atoms with van der Waals surface area (Å²) in [6.45, 7) is 7.56. The molecule has 7 nitrogen and oxygen atoms in total. The van der Waals surface area contributed by atoms with Gasteiger partial charge in [0, 0.05) is 33.1 Å². The Morgan fingerprint density at radius 1 is 1.31 bits per heavy atom. The number of ether oxygens (including phenoxy) is 2. The van der Waals surface area contributed by atoms with Crippen molar-refractivity contribution in [2.45, 2.75) is 39.7 Å². The normalized spacial score (nSPS) is 15.2. The third kappa shape index (κ3) is 6.70. The molecule has 0 unspecified atom stereocenters. The standard InChI is InChI=1S/C21H33ClN4O3/c1-5-24-21(26-9-7-15(8-10-26)13-19(27)23-3)25-14-16-11-17(22)20(29-6-2)18(12-16)28-4/h11-12,15H,5-10,13-14H2,1-4H3,(H,23,27)(H,24,25). The first-order valence-corrected chi connectivity index (χ1v) is 10.6. The number of amides is 1. The number of hydrogen-bond donors (Lipinski definition) is 2. The van der Waals surface area contributed by atoms with Crippen LogP contribution in [-0.2, 0) is 11.3 Å². The summed E-state index contributed by atoms with van der Waals surface area (Å²) >= 11 is 6.37. The van der Waals surface area contributed by atoms with Crippen molar-refractivity contribution in [2.24, 2.45) is 10.9 Å². The first-order chi connectivity index (χ1) is 14.0. The summed E-state index contributed by atoms with van der Waals surface area (Å²) in [4.78, 5) is 18.7. The first-order valence-electron chi connectivity index (χ1n) is 10.2. The van der Waals surface area contributed by atoms with Crippen molar-refractivity contribution in [3.05, 3.63) is 22.7 Å². The highest BCUT2D eigenvalue weighted by Crippen LogP contribution is 2.36. The molecule has 0 aromatic heterocycles. The molecule has 0 radical (unpaired) electrons. The molecule has 0 bridgehead atoms. The number of piperidine rings is 1. The van der Waals surface area contributed by atoms with Gasteiger partial charge in [0.2, 0.25) is 5.91 Å². The van der Waals surface area contributed by atoms with Crippen LogP contribution in [0.3, 0.4) is 0 Å². The van der Waals surface area contributed by atoms with Crippen molar-refractivity contribution in [1.82, 2.24) is 15.5 Å². The molecule has 1 aromatic carbocycles. The Morgan fingerprint density at radius 3 is 2.62 bits per heavy atom. The number of halogens is 1. The lowest BCUT2D eigenvalue weighted by molar-refractivity contribution is -0.121. The van der Waals surface area contributed by atoms with E-state index in [0.29, 0.717) is 42.0 Å². The van der Waals surface area contributed by atoms with Crippen molar-refractivity contribution in [2.75, 3.05) is 40.4 Å². The molecule has 1 aliphatic heterocycles. The van der Waals surface area contributed by atoms with E-state index in [-0.39, 0.29) is 5.91 Å². The van der Waals surface area contributed by atoms with Gasteiger partial charge in [0.25, 0.3) is 0 Å². The Balaban J connectivity index is 2.06. The third-order valence-electron chi connectivity index (χ3n) is 4.99. The maximum Gasteiger partial charge on any atom is 0.220 e. The van der Waals surface area contributed by atoms with E-state index in [2.05, 4.69) is 22.5 Å². The first kappa shape index (κ1) is 23.1. The summed E-state index contributed by atoms with van der Waals surface area (Å²) in [7, 11) is 3.30. The summed E-state index contributed by atoms with van der Waals surface area (Å²) < 4.78 is 11.0. The number of likely N-dealkylation sites (tertiary alicyclic amines) is 1. The van der Waals surface area contributed by atoms with Gasteiger partial charge in [0.05, 0.1) is 25.3 Å². The molecular formula is C21H33ClN4O3. The second-order valence-corrected chi connectivity index (χ2v) is 7.43. The molecule has 1 aromatic rings. The van der Waals surface area contributed by atoms with Crippen LogP contribution in [0.5, 0.6) is 11.5 Å². The van der Waals surface area contributed by atoms with Gasteiger partial charge in [0.15, 0.2) is 17.5 Å². The van der Waals surface area contributed by atoms with E-state index in [1.54, 1.807) is 14.2 Å². The van der Waals surface area contributed by atoms with E-state index >= 15 is 0 Å². The minimum atomic E-state index is 0.116. The van der Waals surface area contributed by atoms with E-state index in [4.69, 9.17) is 26.1 Å². The smallest absolute Gasteiger partial charge is 0.220 e. The van der Waals surface area contributed by atoms with Crippen LogP contribution in [0.1, 0.15) is 38.7 Å². The van der Waals surface area contributed by atoms with Crippen molar-refractivity contribution < 1.29 is 14.3 Å². The monoisotopic (exact) mass is 424 g/mol. The Bertz CT molecular complexity index is 703. The van der Waals surface area contributed by atoms with Crippen molar-refractivity contribution in [3.63, 3.8) is 0 Å². The van der Waals surface area contributed by atoms with Crippen LogP contribution >= 0.6 is 11.6 Å². The fourth-order valence-electron chi connectivity index (χ4n) is 3.45. The molecular weight excluding hydrogens is 392 g/mol. The highest BCUT2D eigenvalue weighted by molar-refractivity contribution is 6.32. The minimum Gasteiger partial charge on any atom is -0.493 e. The average Bonchev–Trinajstić information content (AvgIpc) is 2.73. The van der Waals surface area contributed by atoms with E-state index in [9.17, 15) is 4.79 Å². The lowest BCUT2D eigenvalue weighted by atomic mass is 9.93. The van der Waals surface area contributed by atoms with Gasteiger partial charge in [-0.05, 0) is 50.3 Å². The predicted molar refractivity (Wildman–Crippen MR) is 117 cm³/mol. The fraction of sp³-hybridized carbons (Fsp3) is 0.619. The summed E-state index contributed by atoms with van der Waals surface area (Å²) in [5.74, 6) is 2.61. The van der Waals surface area contributed by atoms with Crippen LogP contribution in [0.2, 0.25) is 5.02 Å². The molecule has 0 spiro atoms. The number of hydrogen-bond acceptors (Lipinski definition) is 4. The zero-order valence-electron chi connectivity index (χ0n) is 17.9. The van der Waals surface area contributed by atoms with Gasteiger partial charge in [-0.1, -0.05) is 11.6 Å². The largest absolute Gasteiger partial charge is 0.493 e. The average molecular weight is 425 g/mol. The second-order valence-electron chi connectivity index (χ2n) is 7.02. The summed E-state index contributed by atoms with van der Waals surface area (Å²) in [5, 5.41) is 6.61. The number of nitrogens with zero attached hydrogens (tertiary/aromatic N) is 2. The van der Waals surface area contributed by atoms with Gasteiger partial charge >= 0.3 is 0 Å². The molecule has 1 fully saturated rings. The SMILES string of the molecule is CCNC(=NCc1cc(Cl)c(OCC)c(OC)c1)N1CCC(CC(=O)NC)CC1.